The van der Waals surface area contributed by atoms with Gasteiger partial charge in [0.1, 0.15) is 0 Å². The van der Waals surface area contributed by atoms with Crippen LogP contribution < -0.4 is 10.0 Å². The average Bonchev–Trinajstić information content (AvgIpc) is 2.69. The number of anilines is 1. The maximum absolute atomic E-state index is 12.6. The molecular weight excluding hydrogens is 374 g/mol. The van der Waals surface area contributed by atoms with Crippen molar-refractivity contribution in [1.82, 2.24) is 10.2 Å². The van der Waals surface area contributed by atoms with Crippen LogP contribution >= 0.6 is 0 Å². The minimum Gasteiger partial charge on any atom is -0.349 e. The molecule has 2 N–H and O–H groups in total. The summed E-state index contributed by atoms with van der Waals surface area (Å²) in [6.45, 7) is 6.31. The van der Waals surface area contributed by atoms with Crippen molar-refractivity contribution in [3.05, 3.63) is 60.2 Å². The number of amides is 1. The molecule has 3 rings (SSSR count). The van der Waals surface area contributed by atoms with Gasteiger partial charge in [0.05, 0.1) is 4.90 Å². The van der Waals surface area contributed by atoms with Gasteiger partial charge in [-0.1, -0.05) is 24.3 Å². The van der Waals surface area contributed by atoms with Crippen LogP contribution in [0.1, 0.15) is 37.0 Å². The summed E-state index contributed by atoms with van der Waals surface area (Å²) in [5, 5.41) is 3.07. The minimum atomic E-state index is -3.68. The van der Waals surface area contributed by atoms with Gasteiger partial charge < -0.3 is 10.2 Å². The standard InChI is InChI=1S/C21H27N3O3S/c1-16(2)24-13-11-18(12-14-24)22-21(25)17-7-6-8-19(15-17)23-28(26,27)20-9-4-3-5-10-20/h3-10,15-16,18,23H,11-14H2,1-2H3,(H,22,25). The first-order chi connectivity index (χ1) is 13.3. The predicted octanol–water partition coefficient (Wildman–Crippen LogP) is 3.09. The van der Waals surface area contributed by atoms with Crippen molar-refractivity contribution in [1.29, 1.82) is 0 Å². The summed E-state index contributed by atoms with van der Waals surface area (Å²) in [7, 11) is -3.68. The number of benzene rings is 2. The molecule has 150 valence electrons. The number of carbonyl (C=O) groups is 1. The Labute approximate surface area is 167 Å². The average molecular weight is 402 g/mol. The van der Waals surface area contributed by atoms with Gasteiger partial charge in [-0.2, -0.15) is 0 Å². The van der Waals surface area contributed by atoms with Crippen LogP contribution in [0, 0.1) is 0 Å². The Bertz CT molecular complexity index is 906. The topological polar surface area (TPSA) is 78.5 Å². The third kappa shape index (κ3) is 5.11. The molecule has 0 radical (unpaired) electrons. The molecule has 0 aliphatic carbocycles. The van der Waals surface area contributed by atoms with Crippen molar-refractivity contribution in [3.8, 4) is 0 Å². The van der Waals surface area contributed by atoms with E-state index in [4.69, 9.17) is 0 Å². The molecular formula is C21H27N3O3S. The van der Waals surface area contributed by atoms with Gasteiger partial charge in [0, 0.05) is 36.4 Å². The second-order valence-corrected chi connectivity index (χ2v) is 9.06. The summed E-state index contributed by atoms with van der Waals surface area (Å²) in [6, 6.07) is 15.4. The number of carbonyl (C=O) groups excluding carboxylic acids is 1. The summed E-state index contributed by atoms with van der Waals surface area (Å²) in [5.74, 6) is -0.177. The van der Waals surface area contributed by atoms with Gasteiger partial charge in [0.2, 0.25) is 0 Å². The van der Waals surface area contributed by atoms with Gasteiger partial charge in [-0.15, -0.1) is 0 Å². The van der Waals surface area contributed by atoms with Crippen molar-refractivity contribution in [2.75, 3.05) is 17.8 Å². The van der Waals surface area contributed by atoms with E-state index in [2.05, 4.69) is 28.8 Å². The van der Waals surface area contributed by atoms with E-state index in [-0.39, 0.29) is 16.8 Å². The minimum absolute atomic E-state index is 0.146. The van der Waals surface area contributed by atoms with Crippen molar-refractivity contribution in [3.63, 3.8) is 0 Å². The second-order valence-electron chi connectivity index (χ2n) is 7.38. The molecule has 1 heterocycles. The fourth-order valence-corrected chi connectivity index (χ4v) is 4.44. The summed E-state index contributed by atoms with van der Waals surface area (Å²) in [5.41, 5.74) is 0.811. The second kappa shape index (κ2) is 8.75. The van der Waals surface area contributed by atoms with Gasteiger partial charge in [-0.3, -0.25) is 9.52 Å². The summed E-state index contributed by atoms with van der Waals surface area (Å²) in [6.07, 6.45) is 1.84. The fraction of sp³-hybridized carbons (Fsp3) is 0.381. The molecule has 1 amide bonds. The Balaban J connectivity index is 1.64. The van der Waals surface area contributed by atoms with E-state index in [9.17, 15) is 13.2 Å². The molecule has 28 heavy (non-hydrogen) atoms. The van der Waals surface area contributed by atoms with E-state index in [0.717, 1.165) is 25.9 Å². The molecule has 7 heteroatoms. The lowest BCUT2D eigenvalue weighted by atomic mass is 10.0. The lowest BCUT2D eigenvalue weighted by Crippen LogP contribution is -2.46. The first kappa shape index (κ1) is 20.4. The van der Waals surface area contributed by atoms with Gasteiger partial charge in [-0.25, -0.2) is 8.42 Å². The fourth-order valence-electron chi connectivity index (χ4n) is 3.37. The summed E-state index contributed by atoms with van der Waals surface area (Å²) < 4.78 is 27.5. The normalized spacial score (nSPS) is 16.1. The molecule has 0 atom stereocenters. The zero-order valence-corrected chi connectivity index (χ0v) is 17.1. The zero-order valence-electron chi connectivity index (χ0n) is 16.3. The van der Waals surface area contributed by atoms with Crippen molar-refractivity contribution in [2.45, 2.75) is 43.7 Å². The van der Waals surface area contributed by atoms with Gasteiger partial charge in [0.15, 0.2) is 0 Å². The number of hydrogen-bond acceptors (Lipinski definition) is 4. The zero-order chi connectivity index (χ0) is 20.1. The number of likely N-dealkylation sites (tertiary alicyclic amines) is 1. The molecule has 1 aliphatic heterocycles. The monoisotopic (exact) mass is 401 g/mol. The molecule has 1 saturated heterocycles. The number of rotatable bonds is 6. The molecule has 6 nitrogen and oxygen atoms in total. The molecule has 0 saturated carbocycles. The van der Waals surface area contributed by atoms with E-state index in [1.54, 1.807) is 42.5 Å². The summed E-state index contributed by atoms with van der Waals surface area (Å²) >= 11 is 0. The van der Waals surface area contributed by atoms with E-state index in [1.807, 2.05) is 0 Å². The molecule has 0 bridgehead atoms. The van der Waals surface area contributed by atoms with Crippen molar-refractivity contribution in [2.24, 2.45) is 0 Å². The van der Waals surface area contributed by atoms with Gasteiger partial charge in [0.25, 0.3) is 15.9 Å². The number of hydrogen-bond donors (Lipinski definition) is 2. The van der Waals surface area contributed by atoms with E-state index >= 15 is 0 Å². The summed E-state index contributed by atoms with van der Waals surface area (Å²) in [4.78, 5) is 15.2. The number of nitrogens with one attached hydrogen (secondary N) is 2. The first-order valence-corrected chi connectivity index (χ1v) is 11.1. The maximum atomic E-state index is 12.6. The highest BCUT2D eigenvalue weighted by atomic mass is 32.2. The van der Waals surface area contributed by atoms with Crippen LogP contribution in [0.4, 0.5) is 5.69 Å². The number of piperidine rings is 1. The highest BCUT2D eigenvalue weighted by Gasteiger charge is 2.22. The van der Waals surface area contributed by atoms with Crippen molar-refractivity contribution < 1.29 is 13.2 Å². The van der Waals surface area contributed by atoms with Crippen LogP contribution in [0.25, 0.3) is 0 Å². The molecule has 0 spiro atoms. The molecule has 2 aromatic carbocycles. The Hall–Kier alpha value is -2.38. The van der Waals surface area contributed by atoms with Gasteiger partial charge >= 0.3 is 0 Å². The number of nitrogens with zero attached hydrogens (tertiary/aromatic N) is 1. The molecule has 1 aliphatic rings. The largest absolute Gasteiger partial charge is 0.349 e. The molecule has 1 fully saturated rings. The van der Waals surface area contributed by atoms with Crippen LogP contribution in [0.15, 0.2) is 59.5 Å². The van der Waals surface area contributed by atoms with E-state index < -0.39 is 10.0 Å². The Morgan fingerprint density at radius 1 is 1.04 bits per heavy atom. The quantitative estimate of drug-likeness (QED) is 0.780. The lowest BCUT2D eigenvalue weighted by Gasteiger charge is -2.34. The molecule has 0 unspecified atom stereocenters. The third-order valence-electron chi connectivity index (χ3n) is 5.03. The Kier molecular flexibility index (Phi) is 6.36. The van der Waals surface area contributed by atoms with E-state index in [1.165, 1.54) is 12.1 Å². The number of sulfonamides is 1. The molecule has 0 aromatic heterocycles. The molecule has 2 aromatic rings. The highest BCUT2D eigenvalue weighted by Crippen LogP contribution is 2.18. The van der Waals surface area contributed by atoms with Crippen LogP contribution in [0.5, 0.6) is 0 Å². The lowest BCUT2D eigenvalue weighted by molar-refractivity contribution is 0.0900. The Morgan fingerprint density at radius 2 is 1.71 bits per heavy atom. The highest BCUT2D eigenvalue weighted by molar-refractivity contribution is 7.92. The van der Waals surface area contributed by atoms with E-state index in [0.29, 0.717) is 17.3 Å². The van der Waals surface area contributed by atoms with Crippen LogP contribution in [-0.2, 0) is 10.0 Å². The third-order valence-corrected chi connectivity index (χ3v) is 6.42. The smallest absolute Gasteiger partial charge is 0.261 e. The van der Waals surface area contributed by atoms with Gasteiger partial charge in [-0.05, 0) is 57.0 Å². The SMILES string of the molecule is CC(C)N1CCC(NC(=O)c2cccc(NS(=O)(=O)c3ccccc3)c2)CC1. The predicted molar refractivity (Wildman–Crippen MR) is 111 cm³/mol. The Morgan fingerprint density at radius 3 is 2.36 bits per heavy atom. The van der Waals surface area contributed by atoms with Crippen LogP contribution in [-0.4, -0.2) is 44.4 Å². The van der Waals surface area contributed by atoms with Crippen molar-refractivity contribution >= 4 is 21.6 Å². The van der Waals surface area contributed by atoms with Crippen LogP contribution in [0.2, 0.25) is 0 Å². The maximum Gasteiger partial charge on any atom is 0.261 e. The first-order valence-electron chi connectivity index (χ1n) is 9.58. The van der Waals surface area contributed by atoms with Crippen LogP contribution in [0.3, 0.4) is 0 Å².